The van der Waals surface area contributed by atoms with Crippen molar-refractivity contribution < 1.29 is 0 Å². The zero-order chi connectivity index (χ0) is 12.8. The normalized spacial score (nSPS) is 35.3. The van der Waals surface area contributed by atoms with Crippen LogP contribution in [0.1, 0.15) is 90.4 Å². The van der Waals surface area contributed by atoms with Crippen LogP contribution in [-0.2, 0) is 0 Å². The predicted octanol–water partition coefficient (Wildman–Crippen LogP) is 5.03. The number of hydrogen-bond acceptors (Lipinski definition) is 1. The molecule has 0 heterocycles. The molecule has 0 aromatic heterocycles. The first-order valence-electron chi connectivity index (χ1n) is 8.53. The van der Waals surface area contributed by atoms with Crippen molar-refractivity contribution >= 4 is 0 Å². The van der Waals surface area contributed by atoms with Crippen molar-refractivity contribution in [2.75, 3.05) is 0 Å². The van der Waals surface area contributed by atoms with Crippen LogP contribution in [0.5, 0.6) is 0 Å². The van der Waals surface area contributed by atoms with E-state index >= 15 is 0 Å². The van der Waals surface area contributed by atoms with Gasteiger partial charge in [0, 0.05) is 5.54 Å². The highest BCUT2D eigenvalue weighted by Crippen LogP contribution is 2.41. The number of rotatable bonds is 4. The quantitative estimate of drug-likeness (QED) is 0.696. The third kappa shape index (κ3) is 3.73. The molecule has 18 heavy (non-hydrogen) atoms. The molecule has 0 spiro atoms. The van der Waals surface area contributed by atoms with Crippen molar-refractivity contribution in [1.29, 1.82) is 0 Å². The summed E-state index contributed by atoms with van der Waals surface area (Å²) in [5, 5.41) is 0. The van der Waals surface area contributed by atoms with Crippen molar-refractivity contribution in [3.8, 4) is 0 Å². The maximum atomic E-state index is 6.79. The van der Waals surface area contributed by atoms with E-state index in [2.05, 4.69) is 6.92 Å². The fourth-order valence-electron chi connectivity index (χ4n) is 4.26. The Morgan fingerprint density at radius 3 is 2.11 bits per heavy atom. The molecule has 0 aromatic rings. The molecule has 106 valence electrons. The lowest BCUT2D eigenvalue weighted by Gasteiger charge is -2.43. The van der Waals surface area contributed by atoms with Gasteiger partial charge < -0.3 is 5.73 Å². The average molecular weight is 251 g/mol. The SMILES string of the molecule is CCCCC1CCC(N)(C2CCCCCC2)CC1. The maximum Gasteiger partial charge on any atom is 0.0183 e. The molecule has 2 aliphatic rings. The first-order chi connectivity index (χ1) is 8.74. The highest BCUT2D eigenvalue weighted by atomic mass is 14.8. The first kappa shape index (κ1) is 14.4. The van der Waals surface area contributed by atoms with Crippen molar-refractivity contribution in [1.82, 2.24) is 0 Å². The largest absolute Gasteiger partial charge is 0.325 e. The second-order valence-electron chi connectivity index (χ2n) is 7.01. The van der Waals surface area contributed by atoms with E-state index in [0.29, 0.717) is 0 Å². The summed E-state index contributed by atoms with van der Waals surface area (Å²) in [7, 11) is 0. The Morgan fingerprint density at radius 2 is 1.56 bits per heavy atom. The van der Waals surface area contributed by atoms with Crippen molar-refractivity contribution in [3.05, 3.63) is 0 Å². The molecule has 2 saturated carbocycles. The predicted molar refractivity (Wildman–Crippen MR) is 79.6 cm³/mol. The summed E-state index contributed by atoms with van der Waals surface area (Å²) in [6, 6.07) is 0. The van der Waals surface area contributed by atoms with E-state index < -0.39 is 0 Å². The monoisotopic (exact) mass is 251 g/mol. The molecule has 0 aromatic carbocycles. The van der Waals surface area contributed by atoms with Crippen LogP contribution in [-0.4, -0.2) is 5.54 Å². The van der Waals surface area contributed by atoms with Gasteiger partial charge in [-0.1, -0.05) is 51.9 Å². The number of hydrogen-bond donors (Lipinski definition) is 1. The van der Waals surface area contributed by atoms with E-state index in [0.717, 1.165) is 11.8 Å². The van der Waals surface area contributed by atoms with Crippen molar-refractivity contribution in [2.24, 2.45) is 17.6 Å². The second kappa shape index (κ2) is 6.93. The lowest BCUT2D eigenvalue weighted by atomic mass is 9.67. The minimum absolute atomic E-state index is 0.215. The Bertz CT molecular complexity index is 220. The smallest absolute Gasteiger partial charge is 0.0183 e. The van der Waals surface area contributed by atoms with E-state index in [1.165, 1.54) is 83.5 Å². The van der Waals surface area contributed by atoms with E-state index in [4.69, 9.17) is 5.73 Å². The standard InChI is InChI=1S/C17H33N/c1-2-3-8-15-11-13-17(18,14-12-15)16-9-6-4-5-7-10-16/h15-16H,2-14,18H2,1H3. The number of unbranched alkanes of at least 4 members (excludes halogenated alkanes) is 1. The van der Waals surface area contributed by atoms with E-state index in [1.54, 1.807) is 0 Å². The molecule has 1 nitrogen and oxygen atoms in total. The fourth-order valence-corrected chi connectivity index (χ4v) is 4.26. The molecule has 1 heteroatoms. The molecule has 0 bridgehead atoms. The van der Waals surface area contributed by atoms with Gasteiger partial charge in [-0.25, -0.2) is 0 Å². The van der Waals surface area contributed by atoms with Gasteiger partial charge in [-0.05, 0) is 50.4 Å². The van der Waals surface area contributed by atoms with Crippen LogP contribution in [0.3, 0.4) is 0 Å². The van der Waals surface area contributed by atoms with Gasteiger partial charge in [0.1, 0.15) is 0 Å². The van der Waals surface area contributed by atoms with Crippen molar-refractivity contribution in [2.45, 2.75) is 95.9 Å². The van der Waals surface area contributed by atoms with E-state index in [1.807, 2.05) is 0 Å². The van der Waals surface area contributed by atoms with E-state index in [9.17, 15) is 0 Å². The van der Waals surface area contributed by atoms with Gasteiger partial charge in [0.2, 0.25) is 0 Å². The molecule has 0 saturated heterocycles. The molecule has 0 amide bonds. The van der Waals surface area contributed by atoms with Crippen LogP contribution in [0.25, 0.3) is 0 Å². The fraction of sp³-hybridized carbons (Fsp3) is 1.00. The third-order valence-corrected chi connectivity index (χ3v) is 5.67. The Balaban J connectivity index is 1.81. The maximum absolute atomic E-state index is 6.79. The summed E-state index contributed by atoms with van der Waals surface area (Å²) >= 11 is 0. The van der Waals surface area contributed by atoms with Crippen LogP contribution in [0.4, 0.5) is 0 Å². The van der Waals surface area contributed by atoms with Gasteiger partial charge in [0.05, 0.1) is 0 Å². The molecule has 0 radical (unpaired) electrons. The van der Waals surface area contributed by atoms with Gasteiger partial charge in [-0.15, -0.1) is 0 Å². The molecule has 0 atom stereocenters. The lowest BCUT2D eigenvalue weighted by Crippen LogP contribution is -2.49. The highest BCUT2D eigenvalue weighted by molar-refractivity contribution is 4.95. The molecule has 2 fully saturated rings. The van der Waals surface area contributed by atoms with Crippen molar-refractivity contribution in [3.63, 3.8) is 0 Å². The molecule has 2 aliphatic carbocycles. The van der Waals surface area contributed by atoms with Crippen LogP contribution in [0.2, 0.25) is 0 Å². The Kier molecular flexibility index (Phi) is 5.54. The molecule has 0 unspecified atom stereocenters. The Hall–Kier alpha value is -0.0400. The summed E-state index contributed by atoms with van der Waals surface area (Å²) in [5.41, 5.74) is 7.01. The van der Waals surface area contributed by atoms with E-state index in [-0.39, 0.29) is 5.54 Å². The molecule has 2 N–H and O–H groups in total. The van der Waals surface area contributed by atoms with Crippen LogP contribution >= 0.6 is 0 Å². The van der Waals surface area contributed by atoms with Crippen LogP contribution < -0.4 is 5.73 Å². The average Bonchev–Trinajstić information content (AvgIpc) is 2.67. The molecular weight excluding hydrogens is 218 g/mol. The minimum Gasteiger partial charge on any atom is -0.325 e. The zero-order valence-electron chi connectivity index (χ0n) is 12.4. The van der Waals surface area contributed by atoms with Crippen LogP contribution in [0, 0.1) is 11.8 Å². The lowest BCUT2D eigenvalue weighted by molar-refractivity contribution is 0.143. The summed E-state index contributed by atoms with van der Waals surface area (Å²) in [5.74, 6) is 1.83. The second-order valence-corrected chi connectivity index (χ2v) is 7.01. The summed E-state index contributed by atoms with van der Waals surface area (Å²) in [6.07, 6.45) is 18.3. The highest BCUT2D eigenvalue weighted by Gasteiger charge is 2.38. The van der Waals surface area contributed by atoms with Gasteiger partial charge in [-0.3, -0.25) is 0 Å². The van der Waals surface area contributed by atoms with Gasteiger partial charge in [-0.2, -0.15) is 0 Å². The molecule has 0 aliphatic heterocycles. The Labute approximate surface area is 114 Å². The first-order valence-corrected chi connectivity index (χ1v) is 8.53. The van der Waals surface area contributed by atoms with Crippen LogP contribution in [0.15, 0.2) is 0 Å². The summed E-state index contributed by atoms with van der Waals surface area (Å²) in [4.78, 5) is 0. The molecule has 2 rings (SSSR count). The summed E-state index contributed by atoms with van der Waals surface area (Å²) in [6.45, 7) is 2.31. The minimum atomic E-state index is 0.215. The van der Waals surface area contributed by atoms with Gasteiger partial charge >= 0.3 is 0 Å². The third-order valence-electron chi connectivity index (χ3n) is 5.67. The van der Waals surface area contributed by atoms with Gasteiger partial charge in [0.25, 0.3) is 0 Å². The molecular formula is C17H33N. The Morgan fingerprint density at radius 1 is 0.944 bits per heavy atom. The van der Waals surface area contributed by atoms with Gasteiger partial charge in [0.15, 0.2) is 0 Å². The topological polar surface area (TPSA) is 26.0 Å². The number of nitrogens with two attached hydrogens (primary N) is 1. The summed E-state index contributed by atoms with van der Waals surface area (Å²) < 4.78 is 0. The zero-order valence-corrected chi connectivity index (χ0v) is 12.4.